The Bertz CT molecular complexity index is 924. The summed E-state index contributed by atoms with van der Waals surface area (Å²) in [6.07, 6.45) is 2.36. The second-order valence-corrected chi connectivity index (χ2v) is 9.72. The number of aromatic hydroxyl groups is 2. The Balaban J connectivity index is 1.91. The van der Waals surface area contributed by atoms with Crippen LogP contribution in [0.4, 0.5) is 5.69 Å². The molecule has 2 aromatic rings. The van der Waals surface area contributed by atoms with Crippen LogP contribution in [0.3, 0.4) is 0 Å². The van der Waals surface area contributed by atoms with Gasteiger partial charge in [0.25, 0.3) is 0 Å². The third kappa shape index (κ3) is 3.35. The predicted octanol–water partition coefficient (Wildman–Crippen LogP) is 4.42. The lowest BCUT2D eigenvalue weighted by molar-refractivity contribution is 0.403. The van der Waals surface area contributed by atoms with E-state index in [9.17, 15) is 18.6 Å². The maximum Gasteiger partial charge on any atom is 0.180 e. The number of nitrogens with one attached hydrogen (secondary N) is 1. The molecule has 2 aromatic carbocycles. The zero-order chi connectivity index (χ0) is 19.1. The van der Waals surface area contributed by atoms with E-state index in [1.165, 1.54) is 6.07 Å². The Kier molecular flexibility index (Phi) is 5.08. The number of anilines is 1. The average Bonchev–Trinajstić information content (AvgIpc) is 2.82. The number of phenols is 2. The molecule has 0 aliphatic carbocycles. The molecule has 140 valence electrons. The lowest BCUT2D eigenvalue weighted by Crippen LogP contribution is -2.14. The van der Waals surface area contributed by atoms with E-state index in [0.717, 1.165) is 24.0 Å². The Hall–Kier alpha value is -1.92. The van der Waals surface area contributed by atoms with E-state index in [1.54, 1.807) is 26.0 Å². The quantitative estimate of drug-likeness (QED) is 0.529. The molecule has 1 unspecified atom stereocenters. The Labute approximate surface area is 158 Å². The minimum atomic E-state index is -3.29. The topological polar surface area (TPSA) is 86.6 Å². The zero-order valence-electron chi connectivity index (χ0n) is 14.7. The maximum absolute atomic E-state index is 12.3. The fourth-order valence-electron chi connectivity index (χ4n) is 3.19. The number of rotatable bonds is 3. The summed E-state index contributed by atoms with van der Waals surface area (Å²) in [5.41, 5.74) is 2.43. The number of phenolic OH excluding ortho intramolecular Hbond substituents is 2. The molecule has 3 rings (SSSR count). The van der Waals surface area contributed by atoms with Gasteiger partial charge in [0.1, 0.15) is 0 Å². The third-order valence-corrected chi connectivity index (χ3v) is 7.38. The van der Waals surface area contributed by atoms with Gasteiger partial charge in [-0.2, -0.15) is 0 Å². The van der Waals surface area contributed by atoms with Crippen LogP contribution in [-0.4, -0.2) is 23.9 Å². The molecule has 1 aliphatic heterocycles. The first-order chi connectivity index (χ1) is 12.2. The van der Waals surface area contributed by atoms with Gasteiger partial charge in [-0.15, -0.1) is 0 Å². The van der Waals surface area contributed by atoms with Crippen molar-refractivity contribution in [3.05, 3.63) is 46.5 Å². The predicted molar refractivity (Wildman–Crippen MR) is 103 cm³/mol. The number of sulfone groups is 1. The van der Waals surface area contributed by atoms with Gasteiger partial charge in [0.2, 0.25) is 0 Å². The molecule has 26 heavy (non-hydrogen) atoms. The molecule has 1 atom stereocenters. The highest BCUT2D eigenvalue weighted by atomic mass is 35.5. The van der Waals surface area contributed by atoms with Crippen LogP contribution in [0.5, 0.6) is 11.5 Å². The molecule has 0 saturated carbocycles. The van der Waals surface area contributed by atoms with Crippen molar-refractivity contribution in [3.63, 3.8) is 0 Å². The molecule has 0 amide bonds. The highest BCUT2D eigenvalue weighted by molar-refractivity contribution is 7.92. The minimum Gasteiger partial charge on any atom is -0.504 e. The molecular formula is C19H22ClNO4S. The lowest BCUT2D eigenvalue weighted by Gasteiger charge is -2.20. The molecule has 0 aromatic heterocycles. The summed E-state index contributed by atoms with van der Waals surface area (Å²) < 4.78 is 24.5. The van der Waals surface area contributed by atoms with Crippen molar-refractivity contribution in [1.29, 1.82) is 0 Å². The highest BCUT2D eigenvalue weighted by Gasteiger charge is 2.24. The molecule has 0 fully saturated rings. The Morgan fingerprint density at radius 1 is 1.19 bits per heavy atom. The first-order valence-electron chi connectivity index (χ1n) is 8.55. The van der Waals surface area contributed by atoms with Gasteiger partial charge in [0.15, 0.2) is 21.3 Å². The number of hydrogen-bond donors (Lipinski definition) is 3. The fraction of sp³-hybridized carbons (Fsp3) is 0.368. The van der Waals surface area contributed by atoms with Crippen molar-refractivity contribution in [2.45, 2.75) is 49.3 Å². The second kappa shape index (κ2) is 7.00. The normalized spacial score (nSPS) is 17.5. The van der Waals surface area contributed by atoms with Gasteiger partial charge in [-0.05, 0) is 56.4 Å². The summed E-state index contributed by atoms with van der Waals surface area (Å²) in [5.74, 6) is -0.561. The van der Waals surface area contributed by atoms with Crippen molar-refractivity contribution >= 4 is 27.1 Å². The van der Waals surface area contributed by atoms with E-state index in [2.05, 4.69) is 5.32 Å². The van der Waals surface area contributed by atoms with Crippen molar-refractivity contribution in [3.8, 4) is 11.5 Å². The largest absolute Gasteiger partial charge is 0.504 e. The van der Waals surface area contributed by atoms with Gasteiger partial charge < -0.3 is 15.5 Å². The van der Waals surface area contributed by atoms with E-state index in [0.29, 0.717) is 17.0 Å². The van der Waals surface area contributed by atoms with Crippen LogP contribution >= 0.6 is 11.6 Å². The van der Waals surface area contributed by atoms with Crippen LogP contribution in [0.25, 0.3) is 0 Å². The first kappa shape index (κ1) is 18.9. The molecule has 1 aliphatic rings. The summed E-state index contributed by atoms with van der Waals surface area (Å²) in [4.78, 5) is 0.316. The van der Waals surface area contributed by atoms with Crippen LogP contribution in [0.15, 0.2) is 35.2 Å². The SMILES string of the molecule is CC(C)S(=O)(=O)c1ccc(C2CCCc3c(cc(O)c(O)c3Cl)N2)cc1. The number of hydrogen-bond acceptors (Lipinski definition) is 5. The monoisotopic (exact) mass is 395 g/mol. The molecule has 0 saturated heterocycles. The van der Waals surface area contributed by atoms with Gasteiger partial charge in [-0.3, -0.25) is 0 Å². The van der Waals surface area contributed by atoms with Crippen LogP contribution in [0.2, 0.25) is 5.02 Å². The van der Waals surface area contributed by atoms with Crippen LogP contribution in [0.1, 0.15) is 43.9 Å². The summed E-state index contributed by atoms with van der Waals surface area (Å²) >= 11 is 6.17. The number of benzene rings is 2. The summed E-state index contributed by atoms with van der Waals surface area (Å²) in [6.45, 7) is 3.33. The summed E-state index contributed by atoms with van der Waals surface area (Å²) in [5, 5.41) is 22.7. The van der Waals surface area contributed by atoms with E-state index in [1.807, 2.05) is 12.1 Å². The van der Waals surface area contributed by atoms with E-state index in [4.69, 9.17) is 11.6 Å². The van der Waals surface area contributed by atoms with Gasteiger partial charge in [0, 0.05) is 11.8 Å². The zero-order valence-corrected chi connectivity index (χ0v) is 16.2. The van der Waals surface area contributed by atoms with Crippen molar-refractivity contribution in [2.75, 3.05) is 5.32 Å². The summed E-state index contributed by atoms with van der Waals surface area (Å²) in [6, 6.07) is 8.36. The average molecular weight is 396 g/mol. The number of halogens is 1. The molecule has 0 bridgehead atoms. The van der Waals surface area contributed by atoms with Crippen molar-refractivity contribution in [2.24, 2.45) is 0 Å². The van der Waals surface area contributed by atoms with E-state index in [-0.39, 0.29) is 22.6 Å². The molecule has 0 spiro atoms. The lowest BCUT2D eigenvalue weighted by atomic mass is 10.0. The van der Waals surface area contributed by atoms with E-state index < -0.39 is 15.1 Å². The maximum atomic E-state index is 12.3. The minimum absolute atomic E-state index is 0.0351. The third-order valence-electron chi connectivity index (χ3n) is 4.80. The fourth-order valence-corrected chi connectivity index (χ4v) is 4.55. The molecule has 5 nitrogen and oxygen atoms in total. The molecule has 1 heterocycles. The number of fused-ring (bicyclic) bond motifs is 1. The molecular weight excluding hydrogens is 374 g/mol. The standard InChI is InChI=1S/C19H22ClNO4S/c1-11(2)26(24,25)13-8-6-12(7-9-13)15-5-3-4-14-16(21-15)10-17(22)19(23)18(14)20/h6-11,15,21-23H,3-5H2,1-2H3. The Morgan fingerprint density at radius 3 is 2.46 bits per heavy atom. The smallest absolute Gasteiger partial charge is 0.180 e. The van der Waals surface area contributed by atoms with Gasteiger partial charge in [0.05, 0.1) is 21.2 Å². The van der Waals surface area contributed by atoms with Crippen LogP contribution in [-0.2, 0) is 16.3 Å². The molecule has 0 radical (unpaired) electrons. The van der Waals surface area contributed by atoms with Crippen molar-refractivity contribution in [1.82, 2.24) is 0 Å². The second-order valence-electron chi connectivity index (χ2n) is 6.84. The van der Waals surface area contributed by atoms with Crippen molar-refractivity contribution < 1.29 is 18.6 Å². The molecule has 7 heteroatoms. The molecule has 3 N–H and O–H groups in total. The van der Waals surface area contributed by atoms with Gasteiger partial charge in [-0.1, -0.05) is 23.7 Å². The van der Waals surface area contributed by atoms with Crippen LogP contribution in [0, 0.1) is 0 Å². The first-order valence-corrected chi connectivity index (χ1v) is 10.5. The van der Waals surface area contributed by atoms with Gasteiger partial charge >= 0.3 is 0 Å². The summed E-state index contributed by atoms with van der Waals surface area (Å²) in [7, 11) is -3.29. The Morgan fingerprint density at radius 2 is 1.85 bits per heavy atom. The highest BCUT2D eigenvalue weighted by Crippen LogP contribution is 2.44. The van der Waals surface area contributed by atoms with E-state index >= 15 is 0 Å². The van der Waals surface area contributed by atoms with Crippen LogP contribution < -0.4 is 5.32 Å². The van der Waals surface area contributed by atoms with Gasteiger partial charge in [-0.25, -0.2) is 8.42 Å².